The van der Waals surface area contributed by atoms with E-state index in [4.69, 9.17) is 0 Å². The van der Waals surface area contributed by atoms with Crippen LogP contribution in [0.4, 0.5) is 19.1 Å². The van der Waals surface area contributed by atoms with Gasteiger partial charge in [0.25, 0.3) is 0 Å². The Morgan fingerprint density at radius 1 is 1.43 bits per heavy atom. The van der Waals surface area contributed by atoms with Crippen molar-refractivity contribution in [2.24, 2.45) is 5.92 Å². The predicted molar refractivity (Wildman–Crippen MR) is 70.0 cm³/mol. The zero-order chi connectivity index (χ0) is 15.7. The maximum Gasteiger partial charge on any atom is 0.433 e. The van der Waals surface area contributed by atoms with E-state index < -0.39 is 21.9 Å². The largest absolute Gasteiger partial charge is 0.433 e. The van der Waals surface area contributed by atoms with Crippen LogP contribution in [-0.2, 0) is 16.2 Å². The zero-order valence-corrected chi connectivity index (χ0v) is 12.1. The van der Waals surface area contributed by atoms with E-state index in [2.05, 4.69) is 15.3 Å². The first-order valence-corrected chi connectivity index (χ1v) is 7.95. The number of alkyl halides is 3. The Kier molecular flexibility index (Phi) is 4.38. The van der Waals surface area contributed by atoms with Gasteiger partial charge in [0.05, 0.1) is 5.75 Å². The minimum atomic E-state index is -4.51. The highest BCUT2D eigenvalue weighted by Crippen LogP contribution is 2.27. The van der Waals surface area contributed by atoms with Gasteiger partial charge in [0.1, 0.15) is 5.69 Å². The smallest absolute Gasteiger partial charge is 0.354 e. The van der Waals surface area contributed by atoms with Crippen LogP contribution in [0.5, 0.6) is 0 Å². The highest BCUT2D eigenvalue weighted by Gasteiger charge is 2.35. The number of rotatable bonds is 5. The van der Waals surface area contributed by atoms with Gasteiger partial charge in [-0.3, -0.25) is 0 Å². The molecule has 6 nitrogen and oxygen atoms in total. The molecule has 2 rings (SSSR count). The van der Waals surface area contributed by atoms with Crippen LogP contribution in [0.1, 0.15) is 12.6 Å². The van der Waals surface area contributed by atoms with Crippen molar-refractivity contribution in [1.82, 2.24) is 14.3 Å². The van der Waals surface area contributed by atoms with E-state index in [-0.39, 0.29) is 17.6 Å². The maximum absolute atomic E-state index is 12.5. The lowest BCUT2D eigenvalue weighted by Gasteiger charge is -2.37. The summed E-state index contributed by atoms with van der Waals surface area (Å²) < 4.78 is 61.8. The molecule has 0 bridgehead atoms. The molecule has 1 aliphatic rings. The van der Waals surface area contributed by atoms with Crippen LogP contribution in [-0.4, -0.2) is 48.1 Å². The van der Waals surface area contributed by atoms with E-state index in [1.807, 2.05) is 0 Å². The van der Waals surface area contributed by atoms with E-state index >= 15 is 0 Å². The molecule has 0 radical (unpaired) electrons. The van der Waals surface area contributed by atoms with Gasteiger partial charge in [-0.1, -0.05) is 0 Å². The summed E-state index contributed by atoms with van der Waals surface area (Å²) in [6.45, 7) is 2.62. The second kappa shape index (κ2) is 5.76. The third-order valence-electron chi connectivity index (χ3n) is 3.18. The van der Waals surface area contributed by atoms with Crippen LogP contribution < -0.4 is 5.32 Å². The molecule has 10 heteroatoms. The fraction of sp³-hybridized carbons (Fsp3) is 0.636. The summed E-state index contributed by atoms with van der Waals surface area (Å²) in [5, 5.41) is 2.71. The highest BCUT2D eigenvalue weighted by molar-refractivity contribution is 7.89. The van der Waals surface area contributed by atoms with Gasteiger partial charge in [-0.2, -0.15) is 13.2 Å². The lowest BCUT2D eigenvalue weighted by atomic mass is 10.0. The van der Waals surface area contributed by atoms with Gasteiger partial charge in [-0.05, 0) is 13.0 Å². The standard InChI is InChI=1S/C11H15F3N4O2S/c1-2-21(19,20)18-6-8(7-18)5-16-10-15-4-3-9(17-10)11(12,13)14/h3-4,8H,2,5-7H2,1H3,(H,15,16,17). The molecule has 0 unspecified atom stereocenters. The summed E-state index contributed by atoms with van der Waals surface area (Å²) in [4.78, 5) is 7.09. The van der Waals surface area contributed by atoms with Gasteiger partial charge in [0.2, 0.25) is 16.0 Å². The number of sulfonamides is 1. The van der Waals surface area contributed by atoms with Crippen LogP contribution in [0.3, 0.4) is 0 Å². The summed E-state index contributed by atoms with van der Waals surface area (Å²) in [5.41, 5.74) is -1.01. The summed E-state index contributed by atoms with van der Waals surface area (Å²) in [5.74, 6) is -0.0183. The number of hydrogen-bond donors (Lipinski definition) is 1. The molecule has 0 aromatic carbocycles. The average molecular weight is 324 g/mol. The summed E-state index contributed by atoms with van der Waals surface area (Å²) in [6, 6.07) is 0.796. The molecule has 1 aliphatic heterocycles. The van der Waals surface area contributed by atoms with Crippen molar-refractivity contribution in [3.8, 4) is 0 Å². The molecule has 1 N–H and O–H groups in total. The van der Waals surface area contributed by atoms with Gasteiger partial charge in [0.15, 0.2) is 0 Å². The minimum absolute atomic E-state index is 0.0455. The van der Waals surface area contributed by atoms with Gasteiger partial charge in [-0.15, -0.1) is 0 Å². The Hall–Kier alpha value is -1.42. The lowest BCUT2D eigenvalue weighted by molar-refractivity contribution is -0.141. The van der Waals surface area contributed by atoms with Gasteiger partial charge in [-0.25, -0.2) is 22.7 Å². The molecule has 0 spiro atoms. The first-order chi connectivity index (χ1) is 9.72. The first-order valence-electron chi connectivity index (χ1n) is 6.34. The molecule has 0 aliphatic carbocycles. The second-order valence-corrected chi connectivity index (χ2v) is 6.99. The third-order valence-corrected chi connectivity index (χ3v) is 4.99. The molecule has 0 atom stereocenters. The lowest BCUT2D eigenvalue weighted by Crippen LogP contribution is -2.52. The molecule has 1 aromatic rings. The monoisotopic (exact) mass is 324 g/mol. The molecule has 1 aromatic heterocycles. The number of hydrogen-bond acceptors (Lipinski definition) is 5. The number of nitrogens with one attached hydrogen (secondary N) is 1. The average Bonchev–Trinajstić information content (AvgIpc) is 2.36. The Morgan fingerprint density at radius 2 is 2.10 bits per heavy atom. The van der Waals surface area contributed by atoms with Crippen molar-refractivity contribution < 1.29 is 21.6 Å². The normalized spacial score (nSPS) is 17.5. The van der Waals surface area contributed by atoms with E-state index in [1.54, 1.807) is 6.92 Å². The number of halogens is 3. The van der Waals surface area contributed by atoms with Crippen molar-refractivity contribution in [2.45, 2.75) is 13.1 Å². The first kappa shape index (κ1) is 16.0. The molecular formula is C11H15F3N4O2S. The number of anilines is 1. The van der Waals surface area contributed by atoms with Crippen molar-refractivity contribution in [3.63, 3.8) is 0 Å². The summed E-state index contributed by atoms with van der Waals surface area (Å²) in [6.07, 6.45) is -3.48. The van der Waals surface area contributed by atoms with Gasteiger partial charge >= 0.3 is 6.18 Å². The predicted octanol–water partition coefficient (Wildman–Crippen LogP) is 1.19. The Morgan fingerprint density at radius 3 is 2.67 bits per heavy atom. The Labute approximate surface area is 120 Å². The molecule has 21 heavy (non-hydrogen) atoms. The topological polar surface area (TPSA) is 75.2 Å². The van der Waals surface area contributed by atoms with Crippen LogP contribution in [0.15, 0.2) is 12.3 Å². The number of aromatic nitrogens is 2. The van der Waals surface area contributed by atoms with Crippen LogP contribution in [0.25, 0.3) is 0 Å². The molecule has 118 valence electrons. The van der Waals surface area contributed by atoms with Crippen molar-refractivity contribution in [3.05, 3.63) is 18.0 Å². The van der Waals surface area contributed by atoms with E-state index in [1.165, 1.54) is 4.31 Å². The molecular weight excluding hydrogens is 309 g/mol. The third kappa shape index (κ3) is 3.82. The molecule has 1 saturated heterocycles. The van der Waals surface area contributed by atoms with Crippen molar-refractivity contribution in [1.29, 1.82) is 0 Å². The SMILES string of the molecule is CCS(=O)(=O)N1CC(CNc2nccc(C(F)(F)F)n2)C1. The minimum Gasteiger partial charge on any atom is -0.354 e. The number of nitrogens with zero attached hydrogens (tertiary/aromatic N) is 3. The summed E-state index contributed by atoms with van der Waals surface area (Å²) >= 11 is 0. The fourth-order valence-electron chi connectivity index (χ4n) is 1.90. The fourth-order valence-corrected chi connectivity index (χ4v) is 3.14. The van der Waals surface area contributed by atoms with Crippen LogP contribution in [0.2, 0.25) is 0 Å². The Balaban J connectivity index is 1.86. The maximum atomic E-state index is 12.5. The van der Waals surface area contributed by atoms with Gasteiger partial charge < -0.3 is 5.32 Å². The van der Waals surface area contributed by atoms with E-state index in [0.717, 1.165) is 12.3 Å². The summed E-state index contributed by atoms with van der Waals surface area (Å²) in [7, 11) is -3.18. The van der Waals surface area contributed by atoms with Crippen LogP contribution in [0, 0.1) is 5.92 Å². The highest BCUT2D eigenvalue weighted by atomic mass is 32.2. The van der Waals surface area contributed by atoms with E-state index in [0.29, 0.717) is 19.6 Å². The van der Waals surface area contributed by atoms with Gasteiger partial charge in [0, 0.05) is 31.7 Å². The van der Waals surface area contributed by atoms with Crippen molar-refractivity contribution in [2.75, 3.05) is 30.7 Å². The zero-order valence-electron chi connectivity index (χ0n) is 11.3. The molecule has 2 heterocycles. The van der Waals surface area contributed by atoms with Crippen LogP contribution >= 0.6 is 0 Å². The Bertz CT molecular complexity index is 600. The quantitative estimate of drug-likeness (QED) is 0.880. The van der Waals surface area contributed by atoms with Crippen molar-refractivity contribution >= 4 is 16.0 Å². The molecule has 0 saturated carbocycles. The molecule has 1 fully saturated rings. The molecule has 0 amide bonds. The van der Waals surface area contributed by atoms with E-state index in [9.17, 15) is 21.6 Å². The second-order valence-electron chi connectivity index (χ2n) is 4.73.